The second-order valence-electron chi connectivity index (χ2n) is 4.57. The lowest BCUT2D eigenvalue weighted by Crippen LogP contribution is -2.22. The molecule has 0 spiro atoms. The highest BCUT2D eigenvalue weighted by Gasteiger charge is 2.06. The van der Waals surface area contributed by atoms with E-state index in [1.54, 1.807) is 39.7 Å². The average molecular weight is 444 g/mol. The molecule has 24 heavy (non-hydrogen) atoms. The lowest BCUT2D eigenvalue weighted by atomic mass is 10.2. The monoisotopic (exact) mass is 444 g/mol. The fourth-order valence-corrected chi connectivity index (χ4v) is 2.00. The molecular weight excluding hydrogens is 423 g/mol. The van der Waals surface area contributed by atoms with Gasteiger partial charge in [-0.15, -0.1) is 24.0 Å². The van der Waals surface area contributed by atoms with Gasteiger partial charge in [0, 0.05) is 23.5 Å². The SMILES string of the molecule is COc1ccc(NC(N)=NCc2cccnc2OC)cc1OC.I. The maximum Gasteiger partial charge on any atom is 0.218 e. The largest absolute Gasteiger partial charge is 0.493 e. The smallest absolute Gasteiger partial charge is 0.218 e. The predicted octanol–water partition coefficient (Wildman–Crippen LogP) is 2.65. The van der Waals surface area contributed by atoms with E-state index >= 15 is 0 Å². The molecule has 130 valence electrons. The van der Waals surface area contributed by atoms with E-state index in [2.05, 4.69) is 15.3 Å². The number of guanidine groups is 1. The van der Waals surface area contributed by atoms with Gasteiger partial charge >= 0.3 is 0 Å². The van der Waals surface area contributed by atoms with Crippen molar-refractivity contribution in [3.8, 4) is 17.4 Å². The first-order valence-corrected chi connectivity index (χ1v) is 6.94. The first kappa shape index (κ1) is 19.8. The summed E-state index contributed by atoms with van der Waals surface area (Å²) in [6, 6.07) is 9.11. The van der Waals surface area contributed by atoms with Gasteiger partial charge in [0.1, 0.15) is 0 Å². The Morgan fingerprint density at radius 1 is 1.12 bits per heavy atom. The number of nitrogens with two attached hydrogens (primary N) is 1. The van der Waals surface area contributed by atoms with Gasteiger partial charge in [-0.1, -0.05) is 6.07 Å². The van der Waals surface area contributed by atoms with Crippen LogP contribution in [0.3, 0.4) is 0 Å². The summed E-state index contributed by atoms with van der Waals surface area (Å²) in [5.41, 5.74) is 7.52. The molecule has 0 fully saturated rings. The van der Waals surface area contributed by atoms with Crippen molar-refractivity contribution in [1.82, 2.24) is 4.98 Å². The molecule has 2 aromatic rings. The molecule has 1 heterocycles. The Bertz CT molecular complexity index is 695. The number of halogens is 1. The standard InChI is InChI=1S/C16H20N4O3.HI/c1-21-13-7-6-12(9-14(13)22-2)20-16(17)19-10-11-5-4-8-18-15(11)23-3;/h4-9H,10H2,1-3H3,(H3,17,19,20);1H. The van der Waals surface area contributed by atoms with Crippen molar-refractivity contribution in [3.63, 3.8) is 0 Å². The minimum Gasteiger partial charge on any atom is -0.493 e. The highest BCUT2D eigenvalue weighted by Crippen LogP contribution is 2.29. The molecule has 0 atom stereocenters. The van der Waals surface area contributed by atoms with Crippen LogP contribution in [-0.4, -0.2) is 32.3 Å². The number of benzene rings is 1. The van der Waals surface area contributed by atoms with E-state index in [4.69, 9.17) is 19.9 Å². The third kappa shape index (κ3) is 5.15. The van der Waals surface area contributed by atoms with Crippen LogP contribution in [0, 0.1) is 0 Å². The van der Waals surface area contributed by atoms with E-state index in [-0.39, 0.29) is 29.9 Å². The number of ether oxygens (including phenoxy) is 3. The molecule has 3 N–H and O–H groups in total. The molecule has 0 radical (unpaired) electrons. The Morgan fingerprint density at radius 2 is 1.88 bits per heavy atom. The number of hydrogen-bond donors (Lipinski definition) is 2. The third-order valence-electron chi connectivity index (χ3n) is 3.12. The van der Waals surface area contributed by atoms with Gasteiger partial charge in [-0.25, -0.2) is 9.98 Å². The van der Waals surface area contributed by atoms with Gasteiger partial charge in [0.15, 0.2) is 17.5 Å². The number of hydrogen-bond acceptors (Lipinski definition) is 5. The van der Waals surface area contributed by atoms with Crippen molar-refractivity contribution < 1.29 is 14.2 Å². The van der Waals surface area contributed by atoms with Crippen molar-refractivity contribution in [2.24, 2.45) is 10.7 Å². The summed E-state index contributed by atoms with van der Waals surface area (Å²) in [5.74, 6) is 2.08. The average Bonchev–Trinajstić information content (AvgIpc) is 2.60. The Hall–Kier alpha value is -2.23. The Morgan fingerprint density at radius 3 is 2.54 bits per heavy atom. The molecule has 1 aromatic carbocycles. The summed E-state index contributed by atoms with van der Waals surface area (Å²) < 4.78 is 15.6. The highest BCUT2D eigenvalue weighted by atomic mass is 127. The van der Waals surface area contributed by atoms with Gasteiger partial charge in [0.05, 0.1) is 27.9 Å². The van der Waals surface area contributed by atoms with Gasteiger partial charge in [-0.05, 0) is 18.2 Å². The summed E-state index contributed by atoms with van der Waals surface area (Å²) >= 11 is 0. The first-order valence-electron chi connectivity index (χ1n) is 6.94. The summed E-state index contributed by atoms with van der Waals surface area (Å²) in [5, 5.41) is 3.01. The van der Waals surface area contributed by atoms with Gasteiger partial charge < -0.3 is 25.3 Å². The van der Waals surface area contributed by atoms with Crippen molar-refractivity contribution in [2.45, 2.75) is 6.54 Å². The minimum atomic E-state index is 0. The molecule has 0 amide bonds. The minimum absolute atomic E-state index is 0. The number of aromatic nitrogens is 1. The Balaban J connectivity index is 0.00000288. The molecule has 0 aliphatic heterocycles. The number of pyridine rings is 1. The molecule has 0 saturated carbocycles. The number of rotatable bonds is 6. The maximum atomic E-state index is 5.91. The Labute approximate surface area is 158 Å². The van der Waals surface area contributed by atoms with Crippen LogP contribution >= 0.6 is 24.0 Å². The topological polar surface area (TPSA) is 91.0 Å². The van der Waals surface area contributed by atoms with Crippen LogP contribution < -0.4 is 25.3 Å². The number of nitrogens with one attached hydrogen (secondary N) is 1. The molecule has 1 aromatic heterocycles. The quantitative estimate of drug-likeness (QED) is 0.405. The molecule has 2 rings (SSSR count). The predicted molar refractivity (Wildman–Crippen MR) is 105 cm³/mol. The number of aliphatic imine (C=N–C) groups is 1. The van der Waals surface area contributed by atoms with E-state index in [0.29, 0.717) is 23.9 Å². The normalized spacial score (nSPS) is 10.5. The number of methoxy groups -OCH3 is 3. The fourth-order valence-electron chi connectivity index (χ4n) is 2.00. The van der Waals surface area contributed by atoms with Crippen molar-refractivity contribution in [1.29, 1.82) is 0 Å². The highest BCUT2D eigenvalue weighted by molar-refractivity contribution is 14.0. The molecular formula is C16H21IN4O3. The van der Waals surface area contributed by atoms with Gasteiger partial charge in [0.2, 0.25) is 5.88 Å². The lowest BCUT2D eigenvalue weighted by molar-refractivity contribution is 0.355. The van der Waals surface area contributed by atoms with Crippen LogP contribution in [0.1, 0.15) is 5.56 Å². The molecule has 0 bridgehead atoms. The molecule has 8 heteroatoms. The zero-order valence-electron chi connectivity index (χ0n) is 13.8. The zero-order valence-corrected chi connectivity index (χ0v) is 16.1. The van der Waals surface area contributed by atoms with Gasteiger partial charge in [-0.3, -0.25) is 0 Å². The van der Waals surface area contributed by atoms with E-state index in [1.165, 1.54) is 0 Å². The first-order chi connectivity index (χ1) is 11.2. The molecule has 0 saturated heterocycles. The number of nitrogens with zero attached hydrogens (tertiary/aromatic N) is 2. The van der Waals surface area contributed by atoms with Crippen LogP contribution in [0.4, 0.5) is 5.69 Å². The van der Waals surface area contributed by atoms with Gasteiger partial charge in [-0.2, -0.15) is 0 Å². The fraction of sp³-hybridized carbons (Fsp3) is 0.250. The van der Waals surface area contributed by atoms with Crippen molar-refractivity contribution in [3.05, 3.63) is 42.1 Å². The zero-order chi connectivity index (χ0) is 16.7. The molecule has 0 aliphatic rings. The van der Waals surface area contributed by atoms with Crippen LogP contribution in [-0.2, 0) is 6.54 Å². The summed E-state index contributed by atoms with van der Waals surface area (Å²) in [4.78, 5) is 8.41. The number of anilines is 1. The van der Waals surface area contributed by atoms with Crippen LogP contribution in [0.25, 0.3) is 0 Å². The summed E-state index contributed by atoms with van der Waals surface area (Å²) in [6.07, 6.45) is 1.66. The Kier molecular flexibility index (Phi) is 8.10. The third-order valence-corrected chi connectivity index (χ3v) is 3.12. The van der Waals surface area contributed by atoms with E-state index < -0.39 is 0 Å². The van der Waals surface area contributed by atoms with Crippen molar-refractivity contribution in [2.75, 3.05) is 26.6 Å². The van der Waals surface area contributed by atoms with Crippen molar-refractivity contribution >= 4 is 35.6 Å². The molecule has 0 unspecified atom stereocenters. The second-order valence-corrected chi connectivity index (χ2v) is 4.57. The lowest BCUT2D eigenvalue weighted by Gasteiger charge is -2.11. The van der Waals surface area contributed by atoms with Crippen LogP contribution in [0.15, 0.2) is 41.5 Å². The molecule has 7 nitrogen and oxygen atoms in total. The van der Waals surface area contributed by atoms with Gasteiger partial charge in [0.25, 0.3) is 0 Å². The van der Waals surface area contributed by atoms with Crippen LogP contribution in [0.2, 0.25) is 0 Å². The van der Waals surface area contributed by atoms with E-state index in [1.807, 2.05) is 18.2 Å². The molecule has 0 aliphatic carbocycles. The second kappa shape index (κ2) is 9.81. The van der Waals surface area contributed by atoms with E-state index in [0.717, 1.165) is 11.3 Å². The maximum absolute atomic E-state index is 5.91. The van der Waals surface area contributed by atoms with E-state index in [9.17, 15) is 0 Å². The van der Waals surface area contributed by atoms with Crippen LogP contribution in [0.5, 0.6) is 17.4 Å². The summed E-state index contributed by atoms with van der Waals surface area (Å²) in [7, 11) is 4.73. The summed E-state index contributed by atoms with van der Waals surface area (Å²) in [6.45, 7) is 0.364.